The van der Waals surface area contributed by atoms with Crippen LogP contribution in [-0.2, 0) is 19.9 Å². The van der Waals surface area contributed by atoms with Crippen molar-refractivity contribution in [3.63, 3.8) is 0 Å². The van der Waals surface area contributed by atoms with E-state index >= 15 is 0 Å². The smallest absolute Gasteiger partial charge is 0.335 e. The number of rotatable bonds is 7. The fourth-order valence-corrected chi connectivity index (χ4v) is 5.38. The van der Waals surface area contributed by atoms with Crippen LogP contribution in [0.1, 0.15) is 63.7 Å². The zero-order chi connectivity index (χ0) is 26.3. The number of nitrogens with zero attached hydrogens (tertiary/aromatic N) is 10. The van der Waals surface area contributed by atoms with Crippen LogP contribution in [0, 0.1) is 11.3 Å². The maximum atomic E-state index is 12.8. The first-order valence-electron chi connectivity index (χ1n) is 13.1. The maximum Gasteiger partial charge on any atom is 0.352 e. The van der Waals surface area contributed by atoms with Crippen molar-refractivity contribution in [3.8, 4) is 6.07 Å². The summed E-state index contributed by atoms with van der Waals surface area (Å²) in [6.45, 7) is 10.2. The van der Waals surface area contributed by atoms with E-state index in [4.69, 9.17) is 5.10 Å². The Bertz CT molecular complexity index is 1530. The molecule has 0 amide bonds. The van der Waals surface area contributed by atoms with E-state index in [0.29, 0.717) is 17.3 Å². The zero-order valence-electron chi connectivity index (χ0n) is 22.2. The molecular formula is C26H34N10O. The number of nitriles is 1. The molecule has 1 aliphatic heterocycles. The van der Waals surface area contributed by atoms with Gasteiger partial charge < -0.3 is 4.90 Å². The number of piperazine rings is 1. The Hall–Kier alpha value is -3.78. The highest BCUT2D eigenvalue weighted by Gasteiger charge is 2.37. The number of hydrogen-bond acceptors (Lipinski definition) is 8. The molecule has 1 fully saturated rings. The van der Waals surface area contributed by atoms with E-state index in [-0.39, 0.29) is 30.2 Å². The Morgan fingerprint density at radius 3 is 2.57 bits per heavy atom. The molecule has 37 heavy (non-hydrogen) atoms. The largest absolute Gasteiger partial charge is 0.352 e. The summed E-state index contributed by atoms with van der Waals surface area (Å²) in [6, 6.07) is 8.56. The topological polar surface area (TPSA) is 113 Å². The summed E-state index contributed by atoms with van der Waals surface area (Å²) in [4.78, 5) is 26.6. The molecule has 0 aromatic carbocycles. The van der Waals surface area contributed by atoms with E-state index in [1.165, 1.54) is 4.57 Å². The second-order valence-corrected chi connectivity index (χ2v) is 9.79. The number of fused-ring (bicyclic) bond motifs is 2. The van der Waals surface area contributed by atoms with E-state index in [0.717, 1.165) is 49.4 Å². The molecule has 0 radical (unpaired) electrons. The van der Waals surface area contributed by atoms with Gasteiger partial charge in [-0.3, -0.25) is 9.47 Å². The van der Waals surface area contributed by atoms with Crippen molar-refractivity contribution >= 4 is 17.2 Å². The summed E-state index contributed by atoms with van der Waals surface area (Å²) < 4.78 is 5.09. The first kappa shape index (κ1) is 24.9. The van der Waals surface area contributed by atoms with Crippen molar-refractivity contribution in [3.05, 3.63) is 52.0 Å². The minimum absolute atomic E-state index is 0.113. The van der Waals surface area contributed by atoms with Gasteiger partial charge in [0.05, 0.1) is 41.8 Å². The van der Waals surface area contributed by atoms with Crippen molar-refractivity contribution < 1.29 is 0 Å². The van der Waals surface area contributed by atoms with Gasteiger partial charge in [0.2, 0.25) is 5.95 Å². The van der Waals surface area contributed by atoms with Gasteiger partial charge in [-0.15, -0.1) is 0 Å². The quantitative estimate of drug-likeness (QED) is 0.379. The van der Waals surface area contributed by atoms with Crippen molar-refractivity contribution in [1.82, 2.24) is 38.7 Å². The molecular weight excluding hydrogens is 468 g/mol. The molecule has 1 unspecified atom stereocenters. The highest BCUT2D eigenvalue weighted by Crippen LogP contribution is 2.31. The van der Waals surface area contributed by atoms with Gasteiger partial charge in [-0.05, 0) is 38.3 Å². The van der Waals surface area contributed by atoms with Crippen LogP contribution in [0.25, 0.3) is 11.3 Å². The van der Waals surface area contributed by atoms with Crippen LogP contribution in [-0.4, -0.2) is 63.8 Å². The third-order valence-electron chi connectivity index (χ3n) is 7.63. The fraction of sp³-hybridized carbons (Fsp3) is 0.538. The van der Waals surface area contributed by atoms with Crippen molar-refractivity contribution in [2.75, 3.05) is 18.0 Å². The summed E-state index contributed by atoms with van der Waals surface area (Å²) in [5, 5.41) is 18.7. The van der Waals surface area contributed by atoms with Crippen molar-refractivity contribution in [1.29, 1.82) is 5.26 Å². The Morgan fingerprint density at radius 1 is 1.08 bits per heavy atom. The van der Waals surface area contributed by atoms with Gasteiger partial charge in [-0.1, -0.05) is 20.8 Å². The molecule has 3 atom stereocenters. The van der Waals surface area contributed by atoms with Crippen LogP contribution in [0.3, 0.4) is 0 Å². The molecule has 0 aliphatic carbocycles. The van der Waals surface area contributed by atoms with Crippen LogP contribution in [0.2, 0.25) is 0 Å². The molecule has 1 saturated heterocycles. The summed E-state index contributed by atoms with van der Waals surface area (Å²) >= 11 is 0. The number of aryl methyl sites for hydroxylation is 2. The summed E-state index contributed by atoms with van der Waals surface area (Å²) in [5.74, 6) is 0.546. The Kier molecular flexibility index (Phi) is 6.69. The minimum atomic E-state index is -0.325. The van der Waals surface area contributed by atoms with Crippen LogP contribution in [0.4, 0.5) is 5.95 Å². The highest BCUT2D eigenvalue weighted by atomic mass is 16.1. The van der Waals surface area contributed by atoms with Gasteiger partial charge in [-0.25, -0.2) is 14.3 Å². The Balaban J connectivity index is 1.49. The molecule has 4 aromatic rings. The maximum absolute atomic E-state index is 12.8. The molecule has 0 bridgehead atoms. The third-order valence-corrected chi connectivity index (χ3v) is 7.63. The number of anilines is 1. The lowest BCUT2D eigenvalue weighted by atomic mass is 9.99. The molecule has 5 rings (SSSR count). The number of aromatic nitrogens is 7. The third kappa shape index (κ3) is 4.35. The van der Waals surface area contributed by atoms with Gasteiger partial charge >= 0.3 is 5.69 Å². The summed E-state index contributed by atoms with van der Waals surface area (Å²) in [5.41, 5.74) is 3.86. The lowest BCUT2D eigenvalue weighted by Gasteiger charge is -2.48. The standard InChI is InChI=1S/C26H34N10O/c1-6-18-14-35-23(28-18)10-9-22(31-35)17(4)33-15-21(8-3)34(16-20(33)7-2)25-29-26(37)32(5)24-13-19(11-12-27)30-36(24)25/h9-10,13-14,17,20-21H,6-8,11,15-16H2,1-5H3/t17?,20-,21+/m1/s1. The van der Waals surface area contributed by atoms with Crippen molar-refractivity contribution in [2.45, 2.75) is 71.5 Å². The van der Waals surface area contributed by atoms with Gasteiger partial charge in [0.1, 0.15) is 5.65 Å². The zero-order valence-corrected chi connectivity index (χ0v) is 22.2. The van der Waals surface area contributed by atoms with E-state index in [1.54, 1.807) is 17.6 Å². The van der Waals surface area contributed by atoms with Gasteiger partial charge in [-0.2, -0.15) is 25.0 Å². The monoisotopic (exact) mass is 502 g/mol. The molecule has 0 N–H and O–H groups in total. The average Bonchev–Trinajstić information content (AvgIpc) is 3.53. The van der Waals surface area contributed by atoms with E-state index in [2.05, 4.69) is 64.7 Å². The molecule has 5 heterocycles. The molecule has 194 valence electrons. The summed E-state index contributed by atoms with van der Waals surface area (Å²) in [7, 11) is 1.69. The van der Waals surface area contributed by atoms with E-state index < -0.39 is 0 Å². The molecule has 0 saturated carbocycles. The molecule has 11 heteroatoms. The predicted molar refractivity (Wildman–Crippen MR) is 141 cm³/mol. The number of hydrogen-bond donors (Lipinski definition) is 0. The van der Waals surface area contributed by atoms with Crippen molar-refractivity contribution in [2.24, 2.45) is 7.05 Å². The first-order valence-corrected chi connectivity index (χ1v) is 13.1. The van der Waals surface area contributed by atoms with Gasteiger partial charge in [0.25, 0.3) is 0 Å². The van der Waals surface area contributed by atoms with Crippen LogP contribution >= 0.6 is 0 Å². The second-order valence-electron chi connectivity index (χ2n) is 9.79. The first-order chi connectivity index (χ1) is 17.9. The highest BCUT2D eigenvalue weighted by molar-refractivity contribution is 5.48. The fourth-order valence-electron chi connectivity index (χ4n) is 5.38. The van der Waals surface area contributed by atoms with E-state index in [1.807, 2.05) is 16.8 Å². The predicted octanol–water partition coefficient (Wildman–Crippen LogP) is 2.54. The molecule has 0 spiro atoms. The van der Waals surface area contributed by atoms with Gasteiger partial charge in [0.15, 0.2) is 5.65 Å². The summed E-state index contributed by atoms with van der Waals surface area (Å²) in [6.07, 6.45) is 4.90. The van der Waals surface area contributed by atoms with E-state index in [9.17, 15) is 10.1 Å². The number of imidazole rings is 1. The lowest BCUT2D eigenvalue weighted by Crippen LogP contribution is -2.59. The van der Waals surface area contributed by atoms with Crippen LogP contribution in [0.5, 0.6) is 0 Å². The normalized spacial score (nSPS) is 19.5. The average molecular weight is 503 g/mol. The SMILES string of the molecule is CCc1cn2nc(C(C)N3C[C@H](CC)N(c4nc(=O)n(C)c5cc(CC#N)nn45)C[C@H]3CC)ccc2n1. The molecule has 4 aromatic heterocycles. The minimum Gasteiger partial charge on any atom is -0.335 e. The Morgan fingerprint density at radius 2 is 1.86 bits per heavy atom. The van der Waals surface area contributed by atoms with Gasteiger partial charge in [0, 0.05) is 38.3 Å². The molecule has 11 nitrogen and oxygen atoms in total. The van der Waals surface area contributed by atoms with Crippen LogP contribution in [0.15, 0.2) is 29.2 Å². The molecule has 1 aliphatic rings. The van der Waals surface area contributed by atoms with Crippen LogP contribution < -0.4 is 10.6 Å². The second kappa shape index (κ2) is 9.94. The Labute approximate surface area is 216 Å². The lowest BCUT2D eigenvalue weighted by molar-refractivity contribution is 0.0973.